The minimum Gasteiger partial charge on any atom is -0.355 e. The molecule has 3 aromatic rings. The van der Waals surface area contributed by atoms with Crippen LogP contribution >= 0.6 is 0 Å². The van der Waals surface area contributed by atoms with E-state index in [2.05, 4.69) is 36.7 Å². The molecule has 7 nitrogen and oxygen atoms in total. The number of carbonyl (C=O) groups is 1. The average molecular weight is 372 g/mol. The number of aromatic nitrogens is 4. The van der Waals surface area contributed by atoms with Crippen molar-refractivity contribution in [3.8, 4) is 23.7 Å². The topological polar surface area (TPSA) is 95.6 Å². The summed E-state index contributed by atoms with van der Waals surface area (Å²) in [5, 5.41) is 13.2. The summed E-state index contributed by atoms with van der Waals surface area (Å²) in [6.07, 6.45) is 9.58. The normalized spacial score (nSPS) is 13.0. The third kappa shape index (κ3) is 3.45. The van der Waals surface area contributed by atoms with Crippen molar-refractivity contribution in [2.45, 2.75) is 25.7 Å². The van der Waals surface area contributed by atoms with Crippen molar-refractivity contribution < 1.29 is 4.79 Å². The molecular weight excluding hydrogens is 352 g/mol. The number of aromatic amines is 1. The lowest BCUT2D eigenvalue weighted by molar-refractivity contribution is 0.0962. The van der Waals surface area contributed by atoms with Gasteiger partial charge in [-0.15, -0.1) is 6.42 Å². The molecule has 0 aliphatic heterocycles. The van der Waals surface area contributed by atoms with E-state index in [0.29, 0.717) is 34.5 Å². The maximum Gasteiger partial charge on any atom is 0.251 e. The number of terminal acetylenes is 1. The zero-order valence-corrected chi connectivity index (χ0v) is 15.7. The number of amides is 1. The van der Waals surface area contributed by atoms with Crippen LogP contribution in [0.2, 0.25) is 0 Å². The standard InChI is InChI=1S/C21H20N6O/c1-4-13-11-23-19(15-6-5-12(2)16(9-15)21(28)22-3)25-20(13)24-18-10-17(26-27-18)14-7-8-14/h1,5-6,9-11,14H,7-8H2,2-3H3,(H,22,28)(H2,23,24,25,26,27). The Morgan fingerprint density at radius 2 is 2.14 bits per heavy atom. The zero-order valence-electron chi connectivity index (χ0n) is 15.7. The molecule has 7 heteroatoms. The Morgan fingerprint density at radius 1 is 1.32 bits per heavy atom. The number of carbonyl (C=O) groups excluding carboxylic acids is 1. The Hall–Kier alpha value is -3.66. The van der Waals surface area contributed by atoms with Crippen molar-refractivity contribution in [2.75, 3.05) is 12.4 Å². The van der Waals surface area contributed by atoms with Crippen LogP contribution in [0.5, 0.6) is 0 Å². The number of nitrogens with zero attached hydrogens (tertiary/aromatic N) is 3. The summed E-state index contributed by atoms with van der Waals surface area (Å²) in [6.45, 7) is 1.89. The minimum absolute atomic E-state index is 0.151. The van der Waals surface area contributed by atoms with Gasteiger partial charge in [-0.3, -0.25) is 9.89 Å². The molecule has 0 radical (unpaired) electrons. The number of hydrogen-bond donors (Lipinski definition) is 3. The maximum atomic E-state index is 12.1. The summed E-state index contributed by atoms with van der Waals surface area (Å²) in [7, 11) is 1.61. The summed E-state index contributed by atoms with van der Waals surface area (Å²) in [6, 6.07) is 7.52. The predicted octanol–water partition coefficient (Wildman–Crippen LogP) is 3.14. The fourth-order valence-corrected chi connectivity index (χ4v) is 2.99. The van der Waals surface area contributed by atoms with Crippen molar-refractivity contribution >= 4 is 17.5 Å². The quantitative estimate of drug-likeness (QED) is 0.598. The van der Waals surface area contributed by atoms with E-state index in [0.717, 1.165) is 16.8 Å². The smallest absolute Gasteiger partial charge is 0.251 e. The van der Waals surface area contributed by atoms with Crippen LogP contribution in [0.15, 0.2) is 30.5 Å². The Balaban J connectivity index is 1.68. The molecule has 0 atom stereocenters. The first-order valence-corrected chi connectivity index (χ1v) is 9.08. The lowest BCUT2D eigenvalue weighted by Gasteiger charge is -2.10. The average Bonchev–Trinajstić information content (AvgIpc) is 3.47. The van der Waals surface area contributed by atoms with Crippen molar-refractivity contribution in [3.63, 3.8) is 0 Å². The fourth-order valence-electron chi connectivity index (χ4n) is 2.99. The van der Waals surface area contributed by atoms with Gasteiger partial charge < -0.3 is 10.6 Å². The van der Waals surface area contributed by atoms with Crippen molar-refractivity contribution in [3.05, 3.63) is 52.8 Å². The highest BCUT2D eigenvalue weighted by Crippen LogP contribution is 2.39. The van der Waals surface area contributed by atoms with Crippen LogP contribution in [0.1, 0.15) is 45.9 Å². The summed E-state index contributed by atoms with van der Waals surface area (Å²) in [4.78, 5) is 21.0. The molecule has 1 aliphatic rings. The lowest BCUT2D eigenvalue weighted by atomic mass is 10.0. The highest BCUT2D eigenvalue weighted by molar-refractivity contribution is 5.96. The number of H-pyrrole nitrogens is 1. The SMILES string of the molecule is C#Cc1cnc(-c2ccc(C)c(C(=O)NC)c2)nc1Nc1cc(C2CC2)[nH]n1. The van der Waals surface area contributed by atoms with Gasteiger partial charge in [0.2, 0.25) is 0 Å². The van der Waals surface area contributed by atoms with Crippen LogP contribution in [0.3, 0.4) is 0 Å². The molecule has 0 spiro atoms. The van der Waals surface area contributed by atoms with Crippen LogP contribution in [-0.2, 0) is 0 Å². The van der Waals surface area contributed by atoms with Gasteiger partial charge in [0.15, 0.2) is 17.5 Å². The van der Waals surface area contributed by atoms with Gasteiger partial charge in [0.1, 0.15) is 0 Å². The van der Waals surface area contributed by atoms with Gasteiger partial charge >= 0.3 is 0 Å². The second-order valence-corrected chi connectivity index (χ2v) is 6.82. The molecule has 3 N–H and O–H groups in total. The van der Waals surface area contributed by atoms with Crippen LogP contribution in [-0.4, -0.2) is 33.1 Å². The van der Waals surface area contributed by atoms with E-state index in [9.17, 15) is 4.79 Å². The molecule has 0 saturated heterocycles. The molecule has 1 fully saturated rings. The highest BCUT2D eigenvalue weighted by atomic mass is 16.1. The third-order valence-corrected chi connectivity index (χ3v) is 4.77. The van der Waals surface area contributed by atoms with E-state index in [1.54, 1.807) is 19.3 Å². The Labute approximate surface area is 163 Å². The van der Waals surface area contributed by atoms with Crippen LogP contribution in [0.25, 0.3) is 11.4 Å². The number of hydrogen-bond acceptors (Lipinski definition) is 5. The third-order valence-electron chi connectivity index (χ3n) is 4.77. The van der Waals surface area contributed by atoms with E-state index in [1.807, 2.05) is 25.1 Å². The highest BCUT2D eigenvalue weighted by Gasteiger charge is 2.25. The van der Waals surface area contributed by atoms with Gasteiger partial charge in [0, 0.05) is 42.0 Å². The van der Waals surface area contributed by atoms with E-state index < -0.39 is 0 Å². The lowest BCUT2D eigenvalue weighted by Crippen LogP contribution is -2.19. The summed E-state index contributed by atoms with van der Waals surface area (Å²) < 4.78 is 0. The molecule has 4 rings (SSSR count). The van der Waals surface area contributed by atoms with Crippen LogP contribution in [0.4, 0.5) is 11.6 Å². The molecule has 0 bridgehead atoms. The van der Waals surface area contributed by atoms with Crippen molar-refractivity contribution in [1.29, 1.82) is 0 Å². The molecule has 140 valence electrons. The van der Waals surface area contributed by atoms with Gasteiger partial charge in [-0.05, 0) is 31.4 Å². The van der Waals surface area contributed by atoms with Crippen LogP contribution < -0.4 is 10.6 Å². The number of benzene rings is 1. The van der Waals surface area contributed by atoms with Crippen molar-refractivity contribution in [2.24, 2.45) is 0 Å². The summed E-state index contributed by atoms with van der Waals surface area (Å²) in [5.41, 5.74) is 3.86. The first-order valence-electron chi connectivity index (χ1n) is 9.08. The number of nitrogens with one attached hydrogen (secondary N) is 3. The largest absolute Gasteiger partial charge is 0.355 e. The fraction of sp³-hybridized carbons (Fsp3) is 0.238. The molecule has 1 aromatic carbocycles. The summed E-state index contributed by atoms with van der Waals surface area (Å²) in [5.74, 6) is 4.66. The Kier molecular flexibility index (Phi) is 4.53. The van der Waals surface area contributed by atoms with Gasteiger partial charge in [-0.2, -0.15) is 5.10 Å². The Bertz CT molecular complexity index is 1090. The minimum atomic E-state index is -0.151. The van der Waals surface area contributed by atoms with Crippen molar-refractivity contribution in [1.82, 2.24) is 25.5 Å². The molecule has 0 unspecified atom stereocenters. The van der Waals surface area contributed by atoms with E-state index >= 15 is 0 Å². The van der Waals surface area contributed by atoms with Crippen LogP contribution in [0, 0.1) is 19.3 Å². The Morgan fingerprint density at radius 3 is 2.86 bits per heavy atom. The molecule has 2 aromatic heterocycles. The second-order valence-electron chi connectivity index (χ2n) is 6.82. The molecule has 1 amide bonds. The molecule has 2 heterocycles. The molecule has 28 heavy (non-hydrogen) atoms. The number of rotatable bonds is 5. The maximum absolute atomic E-state index is 12.1. The van der Waals surface area contributed by atoms with Gasteiger partial charge in [-0.25, -0.2) is 9.97 Å². The predicted molar refractivity (Wildman–Crippen MR) is 107 cm³/mol. The number of anilines is 2. The van der Waals surface area contributed by atoms with E-state index in [1.165, 1.54) is 12.8 Å². The number of aryl methyl sites for hydroxylation is 1. The van der Waals surface area contributed by atoms with Gasteiger partial charge in [0.25, 0.3) is 5.91 Å². The zero-order chi connectivity index (χ0) is 19.7. The first kappa shape index (κ1) is 17.7. The monoisotopic (exact) mass is 372 g/mol. The molecule has 1 aliphatic carbocycles. The molecular formula is C21H20N6O. The van der Waals surface area contributed by atoms with E-state index in [4.69, 9.17) is 6.42 Å². The first-order chi connectivity index (χ1) is 13.6. The molecule has 1 saturated carbocycles. The van der Waals surface area contributed by atoms with Gasteiger partial charge in [-0.1, -0.05) is 18.1 Å². The second kappa shape index (κ2) is 7.16. The van der Waals surface area contributed by atoms with E-state index in [-0.39, 0.29) is 5.91 Å². The van der Waals surface area contributed by atoms with Gasteiger partial charge in [0.05, 0.1) is 5.56 Å². The summed E-state index contributed by atoms with van der Waals surface area (Å²) >= 11 is 0.